The van der Waals surface area contributed by atoms with E-state index in [1.165, 1.54) is 9.80 Å². The van der Waals surface area contributed by atoms with Crippen LogP contribution in [0.3, 0.4) is 0 Å². The SMILES string of the molecule is CCc1ccccc1NC(=O)CN(C)C(=O)C[NH+]1CCN(c2ncccn2)CC1. The molecule has 0 spiro atoms. The fraction of sp³-hybridized carbons (Fsp3) is 0.429. The van der Waals surface area contributed by atoms with Crippen molar-refractivity contribution < 1.29 is 14.5 Å². The van der Waals surface area contributed by atoms with Gasteiger partial charge in [-0.1, -0.05) is 25.1 Å². The summed E-state index contributed by atoms with van der Waals surface area (Å²) in [5.74, 6) is 0.533. The molecule has 0 saturated carbocycles. The predicted octanol–water partition coefficient (Wildman–Crippen LogP) is -0.159. The monoisotopic (exact) mass is 397 g/mol. The molecule has 1 aromatic heterocycles. The zero-order valence-electron chi connectivity index (χ0n) is 17.1. The number of aromatic nitrogens is 2. The third-order valence-electron chi connectivity index (χ3n) is 5.19. The summed E-state index contributed by atoms with van der Waals surface area (Å²) in [7, 11) is 1.68. The van der Waals surface area contributed by atoms with Crippen molar-refractivity contribution in [3.63, 3.8) is 0 Å². The van der Waals surface area contributed by atoms with Crippen LogP contribution >= 0.6 is 0 Å². The Morgan fingerprint density at radius 2 is 1.83 bits per heavy atom. The lowest BCUT2D eigenvalue weighted by Crippen LogP contribution is -3.15. The van der Waals surface area contributed by atoms with Crippen LogP contribution in [0.1, 0.15) is 12.5 Å². The minimum atomic E-state index is -0.178. The maximum Gasteiger partial charge on any atom is 0.277 e. The third-order valence-corrected chi connectivity index (χ3v) is 5.19. The van der Waals surface area contributed by atoms with Crippen molar-refractivity contribution in [3.8, 4) is 0 Å². The van der Waals surface area contributed by atoms with E-state index in [1.807, 2.05) is 31.2 Å². The fourth-order valence-electron chi connectivity index (χ4n) is 3.45. The summed E-state index contributed by atoms with van der Waals surface area (Å²) in [4.78, 5) is 38.3. The Bertz CT molecular complexity index is 821. The van der Waals surface area contributed by atoms with Crippen LogP contribution in [0, 0.1) is 0 Å². The van der Waals surface area contributed by atoms with Gasteiger partial charge in [0.1, 0.15) is 0 Å². The molecule has 2 N–H and O–H groups in total. The first-order chi connectivity index (χ1) is 14.1. The average molecular weight is 398 g/mol. The third kappa shape index (κ3) is 5.74. The topological polar surface area (TPSA) is 82.9 Å². The number of anilines is 2. The molecule has 1 saturated heterocycles. The molecule has 8 heteroatoms. The number of hydrogen-bond donors (Lipinski definition) is 2. The number of amides is 2. The highest BCUT2D eigenvalue weighted by Gasteiger charge is 2.25. The molecule has 1 aliphatic heterocycles. The summed E-state index contributed by atoms with van der Waals surface area (Å²) in [6.07, 6.45) is 4.32. The van der Waals surface area contributed by atoms with Crippen LogP contribution < -0.4 is 15.1 Å². The van der Waals surface area contributed by atoms with Gasteiger partial charge in [0, 0.05) is 25.1 Å². The maximum absolute atomic E-state index is 12.6. The first kappa shape index (κ1) is 20.7. The summed E-state index contributed by atoms with van der Waals surface area (Å²) in [5, 5.41) is 2.91. The Hall–Kier alpha value is -3.00. The number of nitrogens with zero attached hydrogens (tertiary/aromatic N) is 4. The van der Waals surface area contributed by atoms with Crippen LogP contribution in [0.25, 0.3) is 0 Å². The zero-order valence-corrected chi connectivity index (χ0v) is 17.1. The number of carbonyl (C=O) groups is 2. The van der Waals surface area contributed by atoms with Gasteiger partial charge in [0.2, 0.25) is 11.9 Å². The average Bonchev–Trinajstić information content (AvgIpc) is 2.75. The second kappa shape index (κ2) is 9.97. The minimum Gasteiger partial charge on any atom is -0.332 e. The molecule has 1 aromatic carbocycles. The molecule has 2 amide bonds. The number of hydrogen-bond acceptors (Lipinski definition) is 5. The molecule has 0 unspecified atom stereocenters. The van der Waals surface area contributed by atoms with Gasteiger partial charge in [0.05, 0.1) is 32.7 Å². The Kier molecular flexibility index (Phi) is 7.13. The van der Waals surface area contributed by atoms with Crippen molar-refractivity contribution in [1.29, 1.82) is 0 Å². The highest BCUT2D eigenvalue weighted by molar-refractivity contribution is 5.95. The second-order valence-corrected chi connectivity index (χ2v) is 7.27. The number of likely N-dealkylation sites (N-methyl/N-ethyl adjacent to an activating group) is 1. The molecule has 2 heterocycles. The lowest BCUT2D eigenvalue weighted by molar-refractivity contribution is -0.892. The summed E-state index contributed by atoms with van der Waals surface area (Å²) in [6.45, 7) is 5.79. The van der Waals surface area contributed by atoms with E-state index in [-0.39, 0.29) is 18.4 Å². The van der Waals surface area contributed by atoms with E-state index in [1.54, 1.807) is 25.5 Å². The molecular weight excluding hydrogens is 368 g/mol. The standard InChI is InChI=1S/C21H28N6O2/c1-3-17-7-4-5-8-18(17)24-19(28)15-25(2)20(29)16-26-11-13-27(14-12-26)21-22-9-6-10-23-21/h4-10H,3,11-16H2,1-2H3,(H,24,28)/p+1. The smallest absolute Gasteiger partial charge is 0.277 e. The molecule has 2 aromatic rings. The van der Waals surface area contributed by atoms with E-state index in [9.17, 15) is 9.59 Å². The number of para-hydroxylation sites is 1. The van der Waals surface area contributed by atoms with E-state index in [2.05, 4.69) is 20.2 Å². The predicted molar refractivity (Wildman–Crippen MR) is 112 cm³/mol. The van der Waals surface area contributed by atoms with Gasteiger partial charge in [-0.05, 0) is 24.1 Å². The van der Waals surface area contributed by atoms with E-state index < -0.39 is 0 Å². The number of nitrogens with one attached hydrogen (secondary N) is 2. The van der Waals surface area contributed by atoms with Crippen molar-refractivity contribution in [2.24, 2.45) is 0 Å². The van der Waals surface area contributed by atoms with Crippen LogP contribution in [0.2, 0.25) is 0 Å². The maximum atomic E-state index is 12.6. The summed E-state index contributed by atoms with van der Waals surface area (Å²) in [6, 6.07) is 9.53. The summed E-state index contributed by atoms with van der Waals surface area (Å²) < 4.78 is 0. The summed E-state index contributed by atoms with van der Waals surface area (Å²) >= 11 is 0. The molecular formula is C21H29N6O2+. The van der Waals surface area contributed by atoms with Gasteiger partial charge in [0.15, 0.2) is 6.54 Å². The lowest BCUT2D eigenvalue weighted by atomic mass is 10.1. The molecule has 8 nitrogen and oxygen atoms in total. The fourth-order valence-corrected chi connectivity index (χ4v) is 3.45. The molecule has 0 bridgehead atoms. The van der Waals surface area contributed by atoms with Crippen LogP contribution in [-0.2, 0) is 16.0 Å². The highest BCUT2D eigenvalue weighted by atomic mass is 16.2. The van der Waals surface area contributed by atoms with Crippen LogP contribution in [-0.4, -0.2) is 73.0 Å². The normalized spacial score (nSPS) is 14.5. The Balaban J connectivity index is 1.44. The Labute approximate surface area is 171 Å². The quantitative estimate of drug-likeness (QED) is 0.679. The van der Waals surface area contributed by atoms with Crippen LogP contribution in [0.4, 0.5) is 11.6 Å². The van der Waals surface area contributed by atoms with E-state index >= 15 is 0 Å². The van der Waals surface area contributed by atoms with Crippen LogP contribution in [0.15, 0.2) is 42.7 Å². The molecule has 0 radical (unpaired) electrons. The molecule has 3 rings (SSSR count). The Morgan fingerprint density at radius 3 is 2.52 bits per heavy atom. The Morgan fingerprint density at radius 1 is 1.14 bits per heavy atom. The molecule has 1 aliphatic rings. The number of aryl methyl sites for hydroxylation is 1. The van der Waals surface area contributed by atoms with Crippen molar-refractivity contribution in [1.82, 2.24) is 14.9 Å². The zero-order chi connectivity index (χ0) is 20.6. The van der Waals surface area contributed by atoms with Gasteiger partial charge in [0.25, 0.3) is 5.91 Å². The molecule has 29 heavy (non-hydrogen) atoms. The highest BCUT2D eigenvalue weighted by Crippen LogP contribution is 2.15. The number of piperazine rings is 1. The lowest BCUT2D eigenvalue weighted by Gasteiger charge is -2.32. The van der Waals surface area contributed by atoms with Gasteiger partial charge in [-0.25, -0.2) is 9.97 Å². The first-order valence-corrected chi connectivity index (χ1v) is 10.0. The largest absolute Gasteiger partial charge is 0.332 e. The van der Waals surface area contributed by atoms with Gasteiger partial charge in [-0.2, -0.15) is 0 Å². The van der Waals surface area contributed by atoms with E-state index in [0.717, 1.165) is 49.8 Å². The van der Waals surface area contributed by atoms with E-state index in [0.29, 0.717) is 6.54 Å². The molecule has 0 atom stereocenters. The summed E-state index contributed by atoms with van der Waals surface area (Å²) in [5.41, 5.74) is 1.89. The van der Waals surface area contributed by atoms with Gasteiger partial charge >= 0.3 is 0 Å². The van der Waals surface area contributed by atoms with Crippen LogP contribution in [0.5, 0.6) is 0 Å². The van der Waals surface area contributed by atoms with Crippen molar-refractivity contribution in [3.05, 3.63) is 48.3 Å². The van der Waals surface area contributed by atoms with Gasteiger partial charge < -0.3 is 20.0 Å². The number of benzene rings is 1. The van der Waals surface area contributed by atoms with Gasteiger partial charge in [-0.15, -0.1) is 0 Å². The van der Waals surface area contributed by atoms with Gasteiger partial charge in [-0.3, -0.25) is 9.59 Å². The van der Waals surface area contributed by atoms with E-state index in [4.69, 9.17) is 0 Å². The molecule has 1 fully saturated rings. The van der Waals surface area contributed by atoms with Crippen molar-refractivity contribution in [2.45, 2.75) is 13.3 Å². The first-order valence-electron chi connectivity index (χ1n) is 10.0. The molecule has 154 valence electrons. The minimum absolute atomic E-state index is 0.0247. The van der Waals surface area contributed by atoms with Crippen molar-refractivity contribution in [2.75, 3.05) is 56.5 Å². The second-order valence-electron chi connectivity index (χ2n) is 7.27. The number of carbonyl (C=O) groups excluding carboxylic acids is 2. The number of rotatable bonds is 7. The number of quaternary nitrogens is 1. The van der Waals surface area contributed by atoms with Crippen molar-refractivity contribution >= 4 is 23.5 Å². The molecule has 0 aliphatic carbocycles.